The highest BCUT2D eigenvalue weighted by molar-refractivity contribution is 4.83. The van der Waals surface area contributed by atoms with Gasteiger partial charge < -0.3 is 9.47 Å². The molecule has 1 aliphatic heterocycles. The molecule has 134 valence electrons. The Morgan fingerprint density at radius 2 is 1.78 bits per heavy atom. The van der Waals surface area contributed by atoms with E-state index in [-0.39, 0.29) is 6.29 Å². The fourth-order valence-electron chi connectivity index (χ4n) is 4.00. The third-order valence-electron chi connectivity index (χ3n) is 5.65. The molecular weight excluding hydrogens is 298 g/mol. The maximum atomic E-state index is 12.1. The number of hydrogen-bond donors (Lipinski definition) is 0. The molecule has 1 atom stereocenters. The summed E-state index contributed by atoms with van der Waals surface area (Å²) in [7, 11) is 0. The third-order valence-corrected chi connectivity index (χ3v) is 5.65. The minimum absolute atomic E-state index is 0.0378. The van der Waals surface area contributed by atoms with Crippen LogP contribution in [0, 0.1) is 23.7 Å². The molecule has 0 aromatic heterocycles. The van der Waals surface area contributed by atoms with E-state index in [1.54, 1.807) is 0 Å². The highest BCUT2D eigenvalue weighted by atomic mass is 19.3. The van der Waals surface area contributed by atoms with Crippen molar-refractivity contribution in [3.05, 3.63) is 12.2 Å². The lowest BCUT2D eigenvalue weighted by atomic mass is 9.79. The summed E-state index contributed by atoms with van der Waals surface area (Å²) in [6.07, 6.45) is 7.75. The molecule has 2 aliphatic rings. The molecule has 0 amide bonds. The summed E-state index contributed by atoms with van der Waals surface area (Å²) in [5, 5.41) is 0. The lowest BCUT2D eigenvalue weighted by Crippen LogP contribution is -2.40. The summed E-state index contributed by atoms with van der Waals surface area (Å²) in [6.45, 7) is 6.17. The van der Waals surface area contributed by atoms with Crippen LogP contribution in [0.3, 0.4) is 0 Å². The first kappa shape index (κ1) is 18.9. The van der Waals surface area contributed by atoms with Crippen molar-refractivity contribution >= 4 is 0 Å². The lowest BCUT2D eigenvalue weighted by molar-refractivity contribution is -0.235. The highest BCUT2D eigenvalue weighted by Gasteiger charge is 2.33. The quantitative estimate of drug-likeness (QED) is 0.589. The largest absolute Gasteiger partial charge is 0.352 e. The molecule has 0 N–H and O–H groups in total. The van der Waals surface area contributed by atoms with E-state index in [4.69, 9.17) is 9.47 Å². The Bertz CT molecular complexity index is 352. The Morgan fingerprint density at radius 3 is 2.35 bits per heavy atom. The summed E-state index contributed by atoms with van der Waals surface area (Å²) in [5.41, 5.74) is 0. The number of rotatable bonds is 7. The molecule has 2 fully saturated rings. The first-order valence-corrected chi connectivity index (χ1v) is 9.34. The van der Waals surface area contributed by atoms with Crippen molar-refractivity contribution in [1.82, 2.24) is 0 Å². The predicted octanol–water partition coefficient (Wildman–Crippen LogP) is 5.78. The monoisotopic (exact) mass is 330 g/mol. The van der Waals surface area contributed by atoms with Crippen molar-refractivity contribution in [2.75, 3.05) is 13.2 Å². The Hall–Kier alpha value is -0.480. The summed E-state index contributed by atoms with van der Waals surface area (Å²) in [5.74, 6) is 2.27. The van der Waals surface area contributed by atoms with Crippen LogP contribution in [0.2, 0.25) is 0 Å². The summed E-state index contributed by atoms with van der Waals surface area (Å²) in [4.78, 5) is 0. The molecule has 1 aliphatic carbocycles. The number of allylic oxidation sites excluding steroid dienone is 1. The van der Waals surface area contributed by atoms with E-state index < -0.39 is 6.08 Å². The van der Waals surface area contributed by atoms with Gasteiger partial charge in [0.15, 0.2) is 6.29 Å². The SMILES string of the molecule is CCCC(C)C1COC(C2CCC(CCC=C(F)F)CC2)OC1. The second-order valence-corrected chi connectivity index (χ2v) is 7.41. The molecular formula is C19H32F2O2. The standard InChI is InChI=1S/C19H32F2O2/c1-3-5-14(2)17-12-22-19(23-13-17)16-10-8-15(9-11-16)6-4-7-18(20)21/h7,14-17,19H,3-6,8-13H2,1-2H3. The average Bonchev–Trinajstić information content (AvgIpc) is 2.55. The Kier molecular flexibility index (Phi) is 7.97. The minimum atomic E-state index is -1.55. The molecule has 4 heteroatoms. The molecule has 1 heterocycles. The lowest BCUT2D eigenvalue weighted by Gasteiger charge is -2.39. The van der Waals surface area contributed by atoms with E-state index in [0.29, 0.717) is 30.1 Å². The van der Waals surface area contributed by atoms with Crippen LogP contribution < -0.4 is 0 Å². The molecule has 0 radical (unpaired) electrons. The van der Waals surface area contributed by atoms with E-state index in [2.05, 4.69) is 13.8 Å². The van der Waals surface area contributed by atoms with Gasteiger partial charge in [0.05, 0.1) is 13.2 Å². The first-order chi connectivity index (χ1) is 11.1. The van der Waals surface area contributed by atoms with Crippen LogP contribution >= 0.6 is 0 Å². The summed E-state index contributed by atoms with van der Waals surface area (Å²) in [6, 6.07) is 0. The number of hydrogen-bond acceptors (Lipinski definition) is 2. The van der Waals surface area contributed by atoms with Gasteiger partial charge in [0.1, 0.15) is 0 Å². The van der Waals surface area contributed by atoms with Crippen LogP contribution in [0.1, 0.15) is 65.2 Å². The Labute approximate surface area is 139 Å². The zero-order valence-electron chi connectivity index (χ0n) is 14.6. The van der Waals surface area contributed by atoms with Gasteiger partial charge in [-0.05, 0) is 56.4 Å². The van der Waals surface area contributed by atoms with E-state index in [0.717, 1.165) is 51.4 Å². The van der Waals surface area contributed by atoms with Crippen molar-refractivity contribution in [2.45, 2.75) is 71.5 Å². The second kappa shape index (κ2) is 9.73. The van der Waals surface area contributed by atoms with E-state index >= 15 is 0 Å². The maximum Gasteiger partial charge on any atom is 0.266 e. The smallest absolute Gasteiger partial charge is 0.266 e. The molecule has 23 heavy (non-hydrogen) atoms. The first-order valence-electron chi connectivity index (χ1n) is 9.34. The minimum Gasteiger partial charge on any atom is -0.352 e. The molecule has 0 aromatic carbocycles. The number of ether oxygens (including phenoxy) is 2. The van der Waals surface area contributed by atoms with Crippen molar-refractivity contribution in [2.24, 2.45) is 23.7 Å². The van der Waals surface area contributed by atoms with Gasteiger partial charge >= 0.3 is 0 Å². The van der Waals surface area contributed by atoms with Crippen molar-refractivity contribution < 1.29 is 18.3 Å². The molecule has 1 saturated carbocycles. The van der Waals surface area contributed by atoms with Crippen LogP contribution in [0.25, 0.3) is 0 Å². The predicted molar refractivity (Wildman–Crippen MR) is 88.2 cm³/mol. The Balaban J connectivity index is 1.65. The fourth-order valence-corrected chi connectivity index (χ4v) is 4.00. The zero-order chi connectivity index (χ0) is 16.7. The molecule has 2 rings (SSSR count). The van der Waals surface area contributed by atoms with E-state index in [9.17, 15) is 8.78 Å². The molecule has 1 unspecified atom stereocenters. The van der Waals surface area contributed by atoms with Crippen LogP contribution in [0.4, 0.5) is 8.78 Å². The van der Waals surface area contributed by atoms with Crippen molar-refractivity contribution in [1.29, 1.82) is 0 Å². The third kappa shape index (κ3) is 6.15. The van der Waals surface area contributed by atoms with E-state index in [1.807, 2.05) is 0 Å². The van der Waals surface area contributed by atoms with Gasteiger partial charge in [0.25, 0.3) is 6.08 Å². The van der Waals surface area contributed by atoms with Gasteiger partial charge in [-0.2, -0.15) is 8.78 Å². The van der Waals surface area contributed by atoms with Gasteiger partial charge in [-0.15, -0.1) is 0 Å². The van der Waals surface area contributed by atoms with Gasteiger partial charge in [-0.25, -0.2) is 0 Å². The average molecular weight is 330 g/mol. The topological polar surface area (TPSA) is 18.5 Å². The molecule has 1 saturated heterocycles. The molecule has 0 bridgehead atoms. The van der Waals surface area contributed by atoms with Crippen LogP contribution in [0.5, 0.6) is 0 Å². The number of halogens is 2. The summed E-state index contributed by atoms with van der Waals surface area (Å²) < 4.78 is 36.1. The van der Waals surface area contributed by atoms with Crippen molar-refractivity contribution in [3.63, 3.8) is 0 Å². The van der Waals surface area contributed by atoms with Crippen LogP contribution in [0.15, 0.2) is 12.2 Å². The van der Waals surface area contributed by atoms with E-state index in [1.165, 1.54) is 12.8 Å². The molecule has 0 aromatic rings. The normalized spacial score (nSPS) is 33.2. The van der Waals surface area contributed by atoms with Gasteiger partial charge in [0.2, 0.25) is 0 Å². The molecule has 2 nitrogen and oxygen atoms in total. The Morgan fingerprint density at radius 1 is 1.13 bits per heavy atom. The fraction of sp³-hybridized carbons (Fsp3) is 0.895. The van der Waals surface area contributed by atoms with Gasteiger partial charge in [0, 0.05) is 11.8 Å². The van der Waals surface area contributed by atoms with Crippen molar-refractivity contribution in [3.8, 4) is 0 Å². The van der Waals surface area contributed by atoms with Gasteiger partial charge in [-0.3, -0.25) is 0 Å². The van der Waals surface area contributed by atoms with Crippen LogP contribution in [-0.4, -0.2) is 19.5 Å². The second-order valence-electron chi connectivity index (χ2n) is 7.41. The summed E-state index contributed by atoms with van der Waals surface area (Å²) >= 11 is 0. The van der Waals surface area contributed by atoms with Gasteiger partial charge in [-0.1, -0.05) is 26.7 Å². The maximum absolute atomic E-state index is 12.1. The zero-order valence-corrected chi connectivity index (χ0v) is 14.6. The molecule has 0 spiro atoms. The van der Waals surface area contributed by atoms with Crippen LogP contribution in [-0.2, 0) is 9.47 Å². The highest BCUT2D eigenvalue weighted by Crippen LogP contribution is 2.36.